The fraction of sp³-hybridized carbons (Fsp3) is 0.227. The maximum atomic E-state index is 12.7. The Morgan fingerprint density at radius 1 is 1.18 bits per heavy atom. The first-order valence-electron chi connectivity index (χ1n) is 10.2. The van der Waals surface area contributed by atoms with Gasteiger partial charge in [-0.1, -0.05) is 47.7 Å². The number of benzene rings is 1. The SMILES string of the molecule is Cc1cccc(Cn2nccc2NC(=O)CSc2nnc(-c3cccs3)n2CCC(N)=O)c1. The third-order valence-corrected chi connectivity index (χ3v) is 6.60. The van der Waals surface area contributed by atoms with Crippen molar-refractivity contribution in [3.8, 4) is 10.7 Å². The van der Waals surface area contributed by atoms with Crippen LogP contribution in [-0.2, 0) is 22.7 Å². The molecule has 9 nitrogen and oxygen atoms in total. The molecule has 170 valence electrons. The van der Waals surface area contributed by atoms with E-state index in [1.165, 1.54) is 28.7 Å². The molecule has 0 radical (unpaired) electrons. The molecule has 0 aliphatic rings. The van der Waals surface area contributed by atoms with Gasteiger partial charge in [-0.05, 0) is 23.9 Å². The Labute approximate surface area is 199 Å². The predicted molar refractivity (Wildman–Crippen MR) is 129 cm³/mol. The van der Waals surface area contributed by atoms with Crippen LogP contribution in [0, 0.1) is 6.92 Å². The van der Waals surface area contributed by atoms with E-state index >= 15 is 0 Å². The van der Waals surface area contributed by atoms with Crippen LogP contribution in [0.5, 0.6) is 0 Å². The number of nitrogens with zero attached hydrogens (tertiary/aromatic N) is 5. The number of nitrogens with two attached hydrogens (primary N) is 1. The van der Waals surface area contributed by atoms with Crippen molar-refractivity contribution in [1.82, 2.24) is 24.5 Å². The molecule has 0 saturated carbocycles. The minimum Gasteiger partial charge on any atom is -0.370 e. The van der Waals surface area contributed by atoms with E-state index < -0.39 is 5.91 Å². The summed E-state index contributed by atoms with van der Waals surface area (Å²) in [6.45, 7) is 2.95. The Morgan fingerprint density at radius 3 is 2.82 bits per heavy atom. The van der Waals surface area contributed by atoms with Gasteiger partial charge in [-0.2, -0.15) is 5.10 Å². The zero-order valence-electron chi connectivity index (χ0n) is 18.0. The number of amides is 2. The zero-order chi connectivity index (χ0) is 23.2. The van der Waals surface area contributed by atoms with Crippen LogP contribution in [0.15, 0.2) is 59.2 Å². The average molecular weight is 482 g/mol. The number of primary amides is 1. The van der Waals surface area contributed by atoms with Gasteiger partial charge in [0.15, 0.2) is 11.0 Å². The number of thioether (sulfide) groups is 1. The summed E-state index contributed by atoms with van der Waals surface area (Å²) in [5, 5.41) is 18.2. The highest BCUT2D eigenvalue weighted by Gasteiger charge is 2.17. The highest BCUT2D eigenvalue weighted by molar-refractivity contribution is 7.99. The lowest BCUT2D eigenvalue weighted by atomic mass is 10.1. The topological polar surface area (TPSA) is 121 Å². The fourth-order valence-electron chi connectivity index (χ4n) is 3.26. The van der Waals surface area contributed by atoms with Gasteiger partial charge in [0.1, 0.15) is 5.82 Å². The third kappa shape index (κ3) is 5.88. The number of aromatic nitrogens is 5. The summed E-state index contributed by atoms with van der Waals surface area (Å²) in [5.41, 5.74) is 7.61. The van der Waals surface area contributed by atoms with Gasteiger partial charge in [0, 0.05) is 19.0 Å². The molecule has 3 heterocycles. The smallest absolute Gasteiger partial charge is 0.235 e. The van der Waals surface area contributed by atoms with Gasteiger partial charge in [-0.25, -0.2) is 4.68 Å². The first-order valence-corrected chi connectivity index (χ1v) is 12.1. The molecule has 2 amide bonds. The molecule has 0 spiro atoms. The standard InChI is InChI=1S/C22H23N7O2S2/c1-15-4-2-5-16(12-15)13-29-19(7-9-24-29)25-20(31)14-33-22-27-26-21(17-6-3-11-32-17)28(22)10-8-18(23)30/h2-7,9,11-12H,8,10,13-14H2,1H3,(H2,23,30)(H,25,31). The van der Waals surface area contributed by atoms with Crippen molar-refractivity contribution in [3.05, 3.63) is 65.2 Å². The molecule has 0 aliphatic carbocycles. The van der Waals surface area contributed by atoms with E-state index in [0.29, 0.717) is 29.9 Å². The summed E-state index contributed by atoms with van der Waals surface area (Å²) in [5.74, 6) is 0.820. The number of hydrogen-bond acceptors (Lipinski definition) is 7. The molecule has 0 unspecified atom stereocenters. The molecule has 1 aromatic carbocycles. The van der Waals surface area contributed by atoms with Crippen LogP contribution in [0.4, 0.5) is 5.82 Å². The number of hydrogen-bond donors (Lipinski definition) is 2. The summed E-state index contributed by atoms with van der Waals surface area (Å²) in [6.07, 6.45) is 1.82. The normalized spacial score (nSPS) is 10.9. The van der Waals surface area contributed by atoms with E-state index in [1.807, 2.05) is 47.2 Å². The fourth-order valence-corrected chi connectivity index (χ4v) is 4.75. The summed E-state index contributed by atoms with van der Waals surface area (Å²) in [4.78, 5) is 24.9. The Kier molecular flexibility index (Phi) is 7.20. The second-order valence-corrected chi connectivity index (χ2v) is 9.24. The Bertz CT molecular complexity index is 1250. The van der Waals surface area contributed by atoms with Crippen LogP contribution in [0.25, 0.3) is 10.7 Å². The molecular weight excluding hydrogens is 458 g/mol. The third-order valence-electron chi connectivity index (χ3n) is 4.77. The Balaban J connectivity index is 1.41. The van der Waals surface area contributed by atoms with Crippen molar-refractivity contribution in [1.29, 1.82) is 0 Å². The van der Waals surface area contributed by atoms with Crippen LogP contribution >= 0.6 is 23.1 Å². The summed E-state index contributed by atoms with van der Waals surface area (Å²) in [7, 11) is 0. The zero-order valence-corrected chi connectivity index (χ0v) is 19.6. The van der Waals surface area contributed by atoms with Gasteiger partial charge < -0.3 is 15.6 Å². The van der Waals surface area contributed by atoms with E-state index in [-0.39, 0.29) is 18.1 Å². The van der Waals surface area contributed by atoms with E-state index in [9.17, 15) is 9.59 Å². The van der Waals surface area contributed by atoms with Gasteiger partial charge in [0.25, 0.3) is 0 Å². The van der Waals surface area contributed by atoms with E-state index in [2.05, 4.69) is 26.7 Å². The molecule has 3 N–H and O–H groups in total. The highest BCUT2D eigenvalue weighted by atomic mass is 32.2. The first-order chi connectivity index (χ1) is 16.0. The molecule has 0 fully saturated rings. The molecule has 3 aromatic heterocycles. The van der Waals surface area contributed by atoms with Gasteiger partial charge in [0.05, 0.1) is 23.4 Å². The first kappa shape index (κ1) is 22.7. The summed E-state index contributed by atoms with van der Waals surface area (Å²) >= 11 is 2.79. The van der Waals surface area contributed by atoms with Crippen molar-refractivity contribution < 1.29 is 9.59 Å². The maximum Gasteiger partial charge on any atom is 0.235 e. The highest BCUT2D eigenvalue weighted by Crippen LogP contribution is 2.27. The molecule has 0 atom stereocenters. The van der Waals surface area contributed by atoms with E-state index in [0.717, 1.165) is 10.4 Å². The number of carbonyl (C=O) groups excluding carboxylic acids is 2. The van der Waals surface area contributed by atoms with Gasteiger partial charge in [-0.3, -0.25) is 9.59 Å². The largest absolute Gasteiger partial charge is 0.370 e. The predicted octanol–water partition coefficient (Wildman–Crippen LogP) is 3.17. The molecule has 33 heavy (non-hydrogen) atoms. The number of thiophene rings is 1. The minimum absolute atomic E-state index is 0.134. The maximum absolute atomic E-state index is 12.7. The number of rotatable bonds is 10. The molecular formula is C22H23N7O2S2. The summed E-state index contributed by atoms with van der Waals surface area (Å²) < 4.78 is 3.58. The van der Waals surface area contributed by atoms with Crippen molar-refractivity contribution in [2.24, 2.45) is 5.73 Å². The second-order valence-electron chi connectivity index (χ2n) is 7.35. The molecule has 0 bridgehead atoms. The number of anilines is 1. The van der Waals surface area contributed by atoms with E-state index in [1.54, 1.807) is 16.9 Å². The lowest BCUT2D eigenvalue weighted by molar-refractivity contribution is -0.118. The minimum atomic E-state index is -0.406. The quantitative estimate of drug-likeness (QED) is 0.336. The molecule has 4 rings (SSSR count). The lowest BCUT2D eigenvalue weighted by Crippen LogP contribution is -2.18. The molecule has 4 aromatic rings. The molecule has 0 aliphatic heterocycles. The van der Waals surface area contributed by atoms with Crippen molar-refractivity contribution in [3.63, 3.8) is 0 Å². The van der Waals surface area contributed by atoms with Crippen molar-refractivity contribution in [2.75, 3.05) is 11.1 Å². The van der Waals surface area contributed by atoms with E-state index in [4.69, 9.17) is 5.73 Å². The van der Waals surface area contributed by atoms with Crippen molar-refractivity contribution >= 4 is 40.7 Å². The number of aryl methyl sites for hydroxylation is 1. The molecule has 0 saturated heterocycles. The number of carbonyl (C=O) groups is 2. The molecule has 11 heteroatoms. The van der Waals surface area contributed by atoms with Crippen LogP contribution < -0.4 is 11.1 Å². The monoisotopic (exact) mass is 481 g/mol. The van der Waals surface area contributed by atoms with Gasteiger partial charge in [0.2, 0.25) is 11.8 Å². The van der Waals surface area contributed by atoms with Gasteiger partial charge >= 0.3 is 0 Å². The van der Waals surface area contributed by atoms with Crippen LogP contribution in [-0.4, -0.2) is 42.1 Å². The Hall–Kier alpha value is -3.44. The van der Waals surface area contributed by atoms with Gasteiger partial charge in [-0.15, -0.1) is 21.5 Å². The lowest BCUT2D eigenvalue weighted by Gasteiger charge is -2.10. The number of nitrogens with one attached hydrogen (secondary N) is 1. The van der Waals surface area contributed by atoms with Crippen LogP contribution in [0.2, 0.25) is 0 Å². The van der Waals surface area contributed by atoms with Crippen LogP contribution in [0.3, 0.4) is 0 Å². The van der Waals surface area contributed by atoms with Crippen molar-refractivity contribution in [2.45, 2.75) is 31.6 Å². The summed E-state index contributed by atoms with van der Waals surface area (Å²) in [6, 6.07) is 13.8. The second kappa shape index (κ2) is 10.5. The Morgan fingerprint density at radius 2 is 2.06 bits per heavy atom. The average Bonchev–Trinajstić information content (AvgIpc) is 3.52. The van der Waals surface area contributed by atoms with Crippen LogP contribution in [0.1, 0.15) is 17.5 Å².